The molecule has 4 heteroatoms. The van der Waals surface area contributed by atoms with Crippen molar-refractivity contribution < 1.29 is 9.53 Å². The van der Waals surface area contributed by atoms with Crippen LogP contribution in [0, 0.1) is 5.92 Å². The molecule has 0 saturated heterocycles. The maximum absolute atomic E-state index is 12.2. The van der Waals surface area contributed by atoms with E-state index in [0.717, 1.165) is 24.1 Å². The van der Waals surface area contributed by atoms with Gasteiger partial charge in [-0.2, -0.15) is 0 Å². The van der Waals surface area contributed by atoms with Gasteiger partial charge in [-0.3, -0.25) is 4.79 Å². The molecule has 1 aromatic heterocycles. The number of ketones is 1. The van der Waals surface area contributed by atoms with Gasteiger partial charge in [0.15, 0.2) is 5.78 Å². The molecule has 0 aliphatic heterocycles. The highest BCUT2D eigenvalue weighted by Gasteiger charge is 2.23. The molecule has 1 aliphatic carbocycles. The van der Waals surface area contributed by atoms with Gasteiger partial charge in [-0.15, -0.1) is 0 Å². The molecule has 0 fully saturated rings. The monoisotopic (exact) mass is 282 g/mol. The minimum absolute atomic E-state index is 0.0269. The first-order chi connectivity index (χ1) is 10.3. The number of nitrogens with zero attached hydrogens (tertiary/aromatic N) is 2. The van der Waals surface area contributed by atoms with E-state index in [2.05, 4.69) is 4.98 Å². The quantitative estimate of drug-likeness (QED) is 0.847. The zero-order valence-electron chi connectivity index (χ0n) is 11.8. The number of imidazole rings is 1. The molecule has 0 radical (unpaired) electrons. The lowest BCUT2D eigenvalue weighted by atomic mass is 9.92. The second kappa shape index (κ2) is 6.50. The van der Waals surface area contributed by atoms with Gasteiger partial charge in [0.2, 0.25) is 0 Å². The number of benzene rings is 1. The third-order valence-electron chi connectivity index (χ3n) is 3.73. The number of carbonyl (C=O) groups excluding carboxylic acids is 1. The van der Waals surface area contributed by atoms with Crippen LogP contribution in [-0.2, 0) is 16.1 Å². The number of carbonyl (C=O) groups is 1. The highest BCUT2D eigenvalue weighted by molar-refractivity contribution is 5.97. The highest BCUT2D eigenvalue weighted by atomic mass is 16.5. The molecule has 1 aliphatic rings. The van der Waals surface area contributed by atoms with Gasteiger partial charge in [-0.25, -0.2) is 4.98 Å². The van der Waals surface area contributed by atoms with Crippen molar-refractivity contribution in [2.75, 3.05) is 6.61 Å². The number of allylic oxidation sites excluding steroid dienone is 2. The Morgan fingerprint density at radius 1 is 1.29 bits per heavy atom. The number of aromatic nitrogens is 2. The van der Waals surface area contributed by atoms with E-state index in [1.54, 1.807) is 18.6 Å². The van der Waals surface area contributed by atoms with Crippen molar-refractivity contribution in [2.24, 2.45) is 5.92 Å². The second-order valence-electron chi connectivity index (χ2n) is 5.24. The third-order valence-corrected chi connectivity index (χ3v) is 3.73. The summed E-state index contributed by atoms with van der Waals surface area (Å²) < 4.78 is 7.59. The minimum atomic E-state index is -0.0269. The van der Waals surface area contributed by atoms with Gasteiger partial charge in [0, 0.05) is 30.1 Å². The van der Waals surface area contributed by atoms with E-state index >= 15 is 0 Å². The van der Waals surface area contributed by atoms with Gasteiger partial charge in [0.1, 0.15) is 0 Å². The van der Waals surface area contributed by atoms with Crippen LogP contribution in [-0.4, -0.2) is 21.9 Å². The Kier molecular flexibility index (Phi) is 4.26. The summed E-state index contributed by atoms with van der Waals surface area (Å²) in [5.74, 6) is 0.124. The number of ether oxygens (including phenoxy) is 1. The fourth-order valence-corrected chi connectivity index (χ4v) is 2.51. The van der Waals surface area contributed by atoms with E-state index in [1.165, 1.54) is 0 Å². The van der Waals surface area contributed by atoms with Crippen LogP contribution < -0.4 is 0 Å². The minimum Gasteiger partial charge on any atom is -0.376 e. The Morgan fingerprint density at radius 2 is 2.14 bits per heavy atom. The van der Waals surface area contributed by atoms with Crippen LogP contribution in [0.25, 0.3) is 5.70 Å². The topological polar surface area (TPSA) is 44.1 Å². The fourth-order valence-electron chi connectivity index (χ4n) is 2.51. The Hall–Kier alpha value is -2.20. The Labute approximate surface area is 124 Å². The maximum atomic E-state index is 12.2. The molecule has 0 spiro atoms. The van der Waals surface area contributed by atoms with Crippen LogP contribution in [0.15, 0.2) is 55.1 Å². The van der Waals surface area contributed by atoms with E-state index in [9.17, 15) is 4.79 Å². The predicted molar refractivity (Wildman–Crippen MR) is 80.3 cm³/mol. The first-order valence-corrected chi connectivity index (χ1v) is 7.17. The lowest BCUT2D eigenvalue weighted by Gasteiger charge is -2.21. The smallest absolute Gasteiger partial charge is 0.162 e. The standard InChI is InChI=1S/C17H18N2O2/c20-17-10-16(19-9-8-18-13-19)7-6-15(17)12-21-11-14-4-2-1-3-5-14/h1-5,8-10,13,15H,6-7,11-12H2. The number of rotatable bonds is 5. The molecule has 0 N–H and O–H groups in total. The van der Waals surface area contributed by atoms with Crippen LogP contribution in [0.5, 0.6) is 0 Å². The summed E-state index contributed by atoms with van der Waals surface area (Å²) in [6.07, 6.45) is 8.75. The van der Waals surface area contributed by atoms with E-state index in [4.69, 9.17) is 4.74 Å². The summed E-state index contributed by atoms with van der Waals surface area (Å²) in [6, 6.07) is 10.0. The van der Waals surface area contributed by atoms with Crippen LogP contribution in [0.4, 0.5) is 0 Å². The molecule has 2 aromatic rings. The SMILES string of the molecule is O=C1C=C(n2ccnc2)CCC1COCc1ccccc1. The molecule has 21 heavy (non-hydrogen) atoms. The highest BCUT2D eigenvalue weighted by Crippen LogP contribution is 2.24. The van der Waals surface area contributed by atoms with E-state index in [1.807, 2.05) is 41.1 Å². The molecule has 1 atom stereocenters. The molecule has 1 aromatic carbocycles. The lowest BCUT2D eigenvalue weighted by molar-refractivity contribution is -0.120. The molecular weight excluding hydrogens is 264 g/mol. The molecule has 1 heterocycles. The Balaban J connectivity index is 1.53. The molecule has 0 bridgehead atoms. The predicted octanol–water partition coefficient (Wildman–Crippen LogP) is 2.92. The van der Waals surface area contributed by atoms with Crippen molar-refractivity contribution in [3.8, 4) is 0 Å². The molecule has 3 rings (SSSR count). The summed E-state index contributed by atoms with van der Waals surface area (Å²) in [4.78, 5) is 16.2. The second-order valence-corrected chi connectivity index (χ2v) is 5.24. The van der Waals surface area contributed by atoms with E-state index in [-0.39, 0.29) is 11.7 Å². The van der Waals surface area contributed by atoms with Gasteiger partial charge >= 0.3 is 0 Å². The average Bonchev–Trinajstić information content (AvgIpc) is 3.04. The number of hydrogen-bond donors (Lipinski definition) is 0. The Bertz CT molecular complexity index is 618. The van der Waals surface area contributed by atoms with E-state index < -0.39 is 0 Å². The molecule has 0 amide bonds. The van der Waals surface area contributed by atoms with Crippen molar-refractivity contribution >= 4 is 11.5 Å². The third kappa shape index (κ3) is 3.47. The van der Waals surface area contributed by atoms with Crippen LogP contribution in [0.1, 0.15) is 18.4 Å². The zero-order chi connectivity index (χ0) is 14.5. The van der Waals surface area contributed by atoms with Crippen LogP contribution in [0.3, 0.4) is 0 Å². The van der Waals surface area contributed by atoms with Gasteiger partial charge in [0.05, 0.1) is 19.5 Å². The molecule has 0 saturated carbocycles. The number of hydrogen-bond acceptors (Lipinski definition) is 3. The van der Waals surface area contributed by atoms with E-state index in [0.29, 0.717) is 13.2 Å². The molecule has 1 unspecified atom stereocenters. The van der Waals surface area contributed by atoms with Crippen molar-refractivity contribution in [1.29, 1.82) is 0 Å². The van der Waals surface area contributed by atoms with Gasteiger partial charge < -0.3 is 9.30 Å². The van der Waals surface area contributed by atoms with Crippen LogP contribution in [0.2, 0.25) is 0 Å². The van der Waals surface area contributed by atoms with Gasteiger partial charge in [0.25, 0.3) is 0 Å². The fraction of sp³-hybridized carbons (Fsp3) is 0.294. The molecule has 4 nitrogen and oxygen atoms in total. The molecular formula is C17H18N2O2. The van der Waals surface area contributed by atoms with Crippen molar-refractivity contribution in [1.82, 2.24) is 9.55 Å². The lowest BCUT2D eigenvalue weighted by Crippen LogP contribution is -2.23. The van der Waals surface area contributed by atoms with Crippen molar-refractivity contribution in [3.05, 3.63) is 60.7 Å². The van der Waals surface area contributed by atoms with Gasteiger partial charge in [-0.1, -0.05) is 30.3 Å². The van der Waals surface area contributed by atoms with Gasteiger partial charge in [-0.05, 0) is 18.4 Å². The summed E-state index contributed by atoms with van der Waals surface area (Å²) in [5, 5.41) is 0. The summed E-state index contributed by atoms with van der Waals surface area (Å²) in [6.45, 7) is 1.05. The normalized spacial score (nSPS) is 18.6. The average molecular weight is 282 g/mol. The van der Waals surface area contributed by atoms with Crippen molar-refractivity contribution in [2.45, 2.75) is 19.4 Å². The first-order valence-electron chi connectivity index (χ1n) is 7.17. The largest absolute Gasteiger partial charge is 0.376 e. The summed E-state index contributed by atoms with van der Waals surface area (Å²) >= 11 is 0. The first kappa shape index (κ1) is 13.8. The summed E-state index contributed by atoms with van der Waals surface area (Å²) in [7, 11) is 0. The zero-order valence-corrected chi connectivity index (χ0v) is 11.8. The molecule has 108 valence electrons. The maximum Gasteiger partial charge on any atom is 0.162 e. The Morgan fingerprint density at radius 3 is 2.86 bits per heavy atom. The van der Waals surface area contributed by atoms with Crippen molar-refractivity contribution in [3.63, 3.8) is 0 Å². The summed E-state index contributed by atoms with van der Waals surface area (Å²) in [5.41, 5.74) is 2.15. The van der Waals surface area contributed by atoms with Crippen LogP contribution >= 0.6 is 0 Å².